The Labute approximate surface area is 107 Å². The summed E-state index contributed by atoms with van der Waals surface area (Å²) in [6.45, 7) is 5.32. The van der Waals surface area contributed by atoms with Crippen LogP contribution in [0, 0.1) is 0 Å². The third-order valence-electron chi connectivity index (χ3n) is 2.92. The highest BCUT2D eigenvalue weighted by Gasteiger charge is 2.11. The van der Waals surface area contributed by atoms with Gasteiger partial charge in [0.15, 0.2) is 0 Å². The minimum Gasteiger partial charge on any atom is -0.325 e. The van der Waals surface area contributed by atoms with Gasteiger partial charge in [0.05, 0.1) is 11.2 Å². The van der Waals surface area contributed by atoms with Gasteiger partial charge in [-0.25, -0.2) is 4.79 Å². The van der Waals surface area contributed by atoms with E-state index in [0.717, 1.165) is 16.6 Å². The van der Waals surface area contributed by atoms with Crippen LogP contribution in [0.25, 0.3) is 10.9 Å². The number of benzene rings is 1. The fourth-order valence-electron chi connectivity index (χ4n) is 1.91. The average Bonchev–Trinajstić information content (AvgIpc) is 2.40. The van der Waals surface area contributed by atoms with E-state index in [1.54, 1.807) is 11.1 Å². The summed E-state index contributed by atoms with van der Waals surface area (Å²) in [5.74, 6) is 0. The van der Waals surface area contributed by atoms with Gasteiger partial charge in [0, 0.05) is 24.7 Å². The molecule has 1 N–H and O–H groups in total. The van der Waals surface area contributed by atoms with Crippen molar-refractivity contribution in [1.29, 1.82) is 0 Å². The second-order valence-electron chi connectivity index (χ2n) is 3.98. The monoisotopic (exact) mass is 243 g/mol. The van der Waals surface area contributed by atoms with E-state index in [9.17, 15) is 4.79 Å². The van der Waals surface area contributed by atoms with E-state index in [1.165, 1.54) is 0 Å². The topological polar surface area (TPSA) is 45.2 Å². The number of hydrogen-bond acceptors (Lipinski definition) is 2. The van der Waals surface area contributed by atoms with Crippen molar-refractivity contribution in [2.75, 3.05) is 18.4 Å². The van der Waals surface area contributed by atoms with Crippen molar-refractivity contribution >= 4 is 22.6 Å². The van der Waals surface area contributed by atoms with Crippen LogP contribution in [0.1, 0.15) is 13.8 Å². The number of carbonyl (C=O) groups excluding carboxylic acids is 1. The van der Waals surface area contributed by atoms with Crippen molar-refractivity contribution in [3.63, 3.8) is 0 Å². The van der Waals surface area contributed by atoms with Crippen LogP contribution in [-0.2, 0) is 0 Å². The number of fused-ring (bicyclic) bond motifs is 1. The van der Waals surface area contributed by atoms with E-state index < -0.39 is 0 Å². The quantitative estimate of drug-likeness (QED) is 0.900. The van der Waals surface area contributed by atoms with Gasteiger partial charge < -0.3 is 10.2 Å². The molecule has 0 aliphatic heterocycles. The first kappa shape index (κ1) is 12.4. The van der Waals surface area contributed by atoms with Gasteiger partial charge in [0.1, 0.15) is 0 Å². The minimum absolute atomic E-state index is 0.0850. The normalized spacial score (nSPS) is 10.3. The summed E-state index contributed by atoms with van der Waals surface area (Å²) in [4.78, 5) is 18.1. The molecule has 4 heteroatoms. The highest BCUT2D eigenvalue weighted by Crippen LogP contribution is 2.20. The molecule has 0 bridgehead atoms. The number of nitrogens with one attached hydrogen (secondary N) is 1. The first-order valence-electron chi connectivity index (χ1n) is 6.16. The number of pyridine rings is 1. The Morgan fingerprint density at radius 3 is 2.67 bits per heavy atom. The molecule has 1 heterocycles. The summed E-state index contributed by atoms with van der Waals surface area (Å²) < 4.78 is 0. The second-order valence-corrected chi connectivity index (χ2v) is 3.98. The lowest BCUT2D eigenvalue weighted by atomic mass is 10.2. The number of para-hydroxylation sites is 1. The van der Waals surface area contributed by atoms with Crippen molar-refractivity contribution in [2.45, 2.75) is 13.8 Å². The second kappa shape index (κ2) is 5.49. The summed E-state index contributed by atoms with van der Waals surface area (Å²) in [6.07, 6.45) is 1.73. The largest absolute Gasteiger partial charge is 0.325 e. The first-order chi connectivity index (χ1) is 8.76. The van der Waals surface area contributed by atoms with Crippen LogP contribution in [0.3, 0.4) is 0 Å². The summed E-state index contributed by atoms with van der Waals surface area (Å²) in [5.41, 5.74) is 1.57. The number of nitrogens with zero attached hydrogens (tertiary/aromatic N) is 2. The third-order valence-corrected chi connectivity index (χ3v) is 2.92. The minimum atomic E-state index is -0.0850. The Balaban J connectivity index is 2.29. The summed E-state index contributed by atoms with van der Waals surface area (Å²) >= 11 is 0. The fourth-order valence-corrected chi connectivity index (χ4v) is 1.91. The van der Waals surface area contributed by atoms with Crippen molar-refractivity contribution < 1.29 is 4.79 Å². The molecule has 0 saturated carbocycles. The Bertz CT molecular complexity index is 544. The summed E-state index contributed by atoms with van der Waals surface area (Å²) in [6, 6.07) is 9.56. The van der Waals surface area contributed by atoms with E-state index in [-0.39, 0.29) is 6.03 Å². The number of urea groups is 1. The standard InChI is InChI=1S/C14H17N3O/c1-3-17(4-2)14(18)16-12-9-5-7-11-8-6-10-15-13(11)12/h5-10H,3-4H2,1-2H3,(H,16,18). The molecule has 0 atom stereocenters. The van der Waals surface area contributed by atoms with Gasteiger partial charge in [-0.2, -0.15) is 0 Å². The van der Waals surface area contributed by atoms with Crippen LogP contribution in [-0.4, -0.2) is 29.0 Å². The molecule has 2 rings (SSSR count). The molecule has 2 amide bonds. The molecule has 0 saturated heterocycles. The zero-order valence-corrected chi connectivity index (χ0v) is 10.7. The van der Waals surface area contributed by atoms with Gasteiger partial charge in [-0.1, -0.05) is 18.2 Å². The lowest BCUT2D eigenvalue weighted by Gasteiger charge is -2.19. The van der Waals surface area contributed by atoms with Crippen LogP contribution in [0.2, 0.25) is 0 Å². The number of carbonyl (C=O) groups is 1. The van der Waals surface area contributed by atoms with Crippen LogP contribution >= 0.6 is 0 Å². The predicted molar refractivity (Wildman–Crippen MR) is 73.7 cm³/mol. The van der Waals surface area contributed by atoms with Gasteiger partial charge in [-0.05, 0) is 26.0 Å². The number of amides is 2. The molecular formula is C14H17N3O. The maximum atomic E-state index is 12.0. The maximum absolute atomic E-state index is 12.0. The van der Waals surface area contributed by atoms with Crippen LogP contribution in [0.4, 0.5) is 10.5 Å². The van der Waals surface area contributed by atoms with Gasteiger partial charge in [0.2, 0.25) is 0 Å². The average molecular weight is 243 g/mol. The van der Waals surface area contributed by atoms with Crippen molar-refractivity contribution in [1.82, 2.24) is 9.88 Å². The van der Waals surface area contributed by atoms with Crippen LogP contribution < -0.4 is 5.32 Å². The van der Waals surface area contributed by atoms with Crippen LogP contribution in [0.15, 0.2) is 36.5 Å². The van der Waals surface area contributed by atoms with Crippen molar-refractivity contribution in [3.05, 3.63) is 36.5 Å². The summed E-state index contributed by atoms with van der Waals surface area (Å²) in [5, 5.41) is 3.93. The van der Waals surface area contributed by atoms with Crippen molar-refractivity contribution in [3.8, 4) is 0 Å². The highest BCUT2D eigenvalue weighted by atomic mass is 16.2. The van der Waals surface area contributed by atoms with E-state index in [1.807, 2.05) is 44.2 Å². The van der Waals surface area contributed by atoms with Crippen LogP contribution in [0.5, 0.6) is 0 Å². The molecule has 0 fully saturated rings. The lowest BCUT2D eigenvalue weighted by molar-refractivity contribution is 0.217. The maximum Gasteiger partial charge on any atom is 0.321 e. The molecular weight excluding hydrogens is 226 g/mol. The number of rotatable bonds is 3. The molecule has 2 aromatic rings. The van der Waals surface area contributed by atoms with E-state index in [0.29, 0.717) is 13.1 Å². The molecule has 0 unspecified atom stereocenters. The first-order valence-corrected chi connectivity index (χ1v) is 6.16. The van der Waals surface area contributed by atoms with E-state index >= 15 is 0 Å². The predicted octanol–water partition coefficient (Wildman–Crippen LogP) is 3.11. The molecule has 18 heavy (non-hydrogen) atoms. The third kappa shape index (κ3) is 2.42. The molecule has 1 aromatic heterocycles. The molecule has 94 valence electrons. The number of hydrogen-bond donors (Lipinski definition) is 1. The number of aromatic nitrogens is 1. The zero-order chi connectivity index (χ0) is 13.0. The summed E-state index contributed by atoms with van der Waals surface area (Å²) in [7, 11) is 0. The molecule has 0 radical (unpaired) electrons. The van der Waals surface area contributed by atoms with E-state index in [2.05, 4.69) is 10.3 Å². The van der Waals surface area contributed by atoms with E-state index in [4.69, 9.17) is 0 Å². The SMILES string of the molecule is CCN(CC)C(=O)Nc1cccc2cccnc12. The van der Waals surface area contributed by atoms with Crippen molar-refractivity contribution in [2.24, 2.45) is 0 Å². The smallest absolute Gasteiger partial charge is 0.321 e. The Morgan fingerprint density at radius 2 is 1.94 bits per heavy atom. The molecule has 0 aliphatic rings. The highest BCUT2D eigenvalue weighted by molar-refractivity contribution is 5.99. The van der Waals surface area contributed by atoms with Gasteiger partial charge in [-0.3, -0.25) is 4.98 Å². The zero-order valence-electron chi connectivity index (χ0n) is 10.7. The molecule has 0 aliphatic carbocycles. The fraction of sp³-hybridized carbons (Fsp3) is 0.286. The van der Waals surface area contributed by atoms with Gasteiger partial charge >= 0.3 is 6.03 Å². The Morgan fingerprint density at radius 1 is 1.22 bits per heavy atom. The molecule has 0 spiro atoms. The van der Waals surface area contributed by atoms with Gasteiger partial charge in [-0.15, -0.1) is 0 Å². The Kier molecular flexibility index (Phi) is 3.77. The molecule has 1 aromatic carbocycles. The van der Waals surface area contributed by atoms with Gasteiger partial charge in [0.25, 0.3) is 0 Å². The molecule has 4 nitrogen and oxygen atoms in total. The lowest BCUT2D eigenvalue weighted by Crippen LogP contribution is -2.34. The number of anilines is 1. The Hall–Kier alpha value is -2.10.